The molecule has 3 heteroatoms. The Hall–Kier alpha value is -1.75. The maximum atomic E-state index is 5.91. The fraction of sp³-hybridized carbons (Fsp3) is 0. The molecule has 0 spiro atoms. The molecule has 0 unspecified atom stereocenters. The molecule has 0 fully saturated rings. The fourth-order valence-electron chi connectivity index (χ4n) is 1.96. The average molecular weight is 361 g/mol. The molecule has 0 atom stereocenters. The van der Waals surface area contributed by atoms with E-state index in [4.69, 9.17) is 10.5 Å². The van der Waals surface area contributed by atoms with Gasteiger partial charge >= 0.3 is 0 Å². The molecular formula is C16H12INO. The van der Waals surface area contributed by atoms with Crippen LogP contribution in [0.15, 0.2) is 60.7 Å². The monoisotopic (exact) mass is 361 g/mol. The van der Waals surface area contributed by atoms with Gasteiger partial charge in [0.1, 0.15) is 11.5 Å². The molecule has 0 saturated heterocycles. The highest BCUT2D eigenvalue weighted by molar-refractivity contribution is 14.1. The molecule has 0 amide bonds. The predicted octanol–water partition coefficient (Wildman–Crippen LogP) is 4.82. The van der Waals surface area contributed by atoms with Crippen LogP contribution in [0.2, 0.25) is 0 Å². The van der Waals surface area contributed by atoms with E-state index >= 15 is 0 Å². The number of anilines is 1. The van der Waals surface area contributed by atoms with Crippen molar-refractivity contribution in [1.82, 2.24) is 0 Å². The first-order chi connectivity index (χ1) is 9.22. The number of hydrogen-bond donors (Lipinski definition) is 1. The van der Waals surface area contributed by atoms with Crippen LogP contribution in [0.25, 0.3) is 10.8 Å². The van der Waals surface area contributed by atoms with E-state index in [0.29, 0.717) is 0 Å². The highest BCUT2D eigenvalue weighted by Crippen LogP contribution is 2.30. The smallest absolute Gasteiger partial charge is 0.140 e. The summed E-state index contributed by atoms with van der Waals surface area (Å²) in [7, 11) is 0. The number of hydrogen-bond acceptors (Lipinski definition) is 2. The van der Waals surface area contributed by atoms with Crippen molar-refractivity contribution in [3.8, 4) is 11.5 Å². The molecule has 2 N–H and O–H groups in total. The van der Waals surface area contributed by atoms with Crippen LogP contribution in [0.4, 0.5) is 5.69 Å². The Kier molecular flexibility index (Phi) is 3.29. The van der Waals surface area contributed by atoms with Crippen molar-refractivity contribution >= 4 is 39.1 Å². The normalized spacial score (nSPS) is 10.6. The molecule has 0 aliphatic carbocycles. The highest BCUT2D eigenvalue weighted by Gasteiger charge is 2.03. The lowest BCUT2D eigenvalue weighted by molar-refractivity contribution is 0.480. The molecular weight excluding hydrogens is 349 g/mol. The van der Waals surface area contributed by atoms with Gasteiger partial charge in [-0.25, -0.2) is 0 Å². The van der Waals surface area contributed by atoms with E-state index in [9.17, 15) is 0 Å². The quantitative estimate of drug-likeness (QED) is 0.525. The number of nitrogens with two attached hydrogens (primary N) is 1. The maximum absolute atomic E-state index is 5.91. The third-order valence-corrected chi connectivity index (χ3v) is 3.75. The summed E-state index contributed by atoms with van der Waals surface area (Å²) in [6, 6.07) is 20.0. The van der Waals surface area contributed by atoms with E-state index in [2.05, 4.69) is 40.8 Å². The lowest BCUT2D eigenvalue weighted by atomic mass is 10.1. The Bertz CT molecular complexity index is 740. The lowest BCUT2D eigenvalue weighted by Gasteiger charge is -2.09. The van der Waals surface area contributed by atoms with Gasteiger partial charge in [0.2, 0.25) is 0 Å². The summed E-state index contributed by atoms with van der Waals surface area (Å²) in [5.74, 6) is 1.66. The Morgan fingerprint density at radius 1 is 0.842 bits per heavy atom. The van der Waals surface area contributed by atoms with Crippen molar-refractivity contribution in [2.75, 3.05) is 5.73 Å². The fourth-order valence-corrected chi connectivity index (χ4v) is 2.61. The van der Waals surface area contributed by atoms with Crippen LogP contribution in [0.5, 0.6) is 11.5 Å². The summed E-state index contributed by atoms with van der Waals surface area (Å²) in [5.41, 5.74) is 6.48. The number of nitrogen functional groups attached to an aromatic ring is 1. The van der Waals surface area contributed by atoms with Crippen molar-refractivity contribution in [2.24, 2.45) is 0 Å². The van der Waals surface area contributed by atoms with Crippen molar-refractivity contribution in [3.05, 3.63) is 64.2 Å². The van der Waals surface area contributed by atoms with Gasteiger partial charge < -0.3 is 10.5 Å². The minimum atomic E-state index is 0.746. The van der Waals surface area contributed by atoms with Crippen LogP contribution in [0.1, 0.15) is 0 Å². The largest absolute Gasteiger partial charge is 0.456 e. The van der Waals surface area contributed by atoms with Crippen molar-refractivity contribution in [2.45, 2.75) is 0 Å². The second kappa shape index (κ2) is 5.09. The number of ether oxygens (including phenoxy) is 1. The van der Waals surface area contributed by atoms with E-state index < -0.39 is 0 Å². The van der Waals surface area contributed by atoms with E-state index in [1.165, 1.54) is 10.8 Å². The van der Waals surface area contributed by atoms with Gasteiger partial charge in [-0.1, -0.05) is 30.3 Å². The number of benzene rings is 3. The van der Waals surface area contributed by atoms with Gasteiger partial charge in [0.15, 0.2) is 0 Å². The zero-order valence-corrected chi connectivity index (χ0v) is 12.3. The van der Waals surface area contributed by atoms with Crippen molar-refractivity contribution in [3.63, 3.8) is 0 Å². The zero-order chi connectivity index (χ0) is 13.2. The number of fused-ring (bicyclic) bond motifs is 1. The van der Waals surface area contributed by atoms with Gasteiger partial charge in [-0.2, -0.15) is 0 Å². The topological polar surface area (TPSA) is 35.2 Å². The van der Waals surface area contributed by atoms with Gasteiger partial charge in [0.25, 0.3) is 0 Å². The van der Waals surface area contributed by atoms with Gasteiger partial charge in [-0.15, -0.1) is 0 Å². The Morgan fingerprint density at radius 3 is 2.42 bits per heavy atom. The average Bonchev–Trinajstić information content (AvgIpc) is 2.42. The van der Waals surface area contributed by atoms with Crippen LogP contribution in [0, 0.1) is 3.57 Å². The zero-order valence-electron chi connectivity index (χ0n) is 10.1. The van der Waals surface area contributed by atoms with Crippen molar-refractivity contribution in [1.29, 1.82) is 0 Å². The summed E-state index contributed by atoms with van der Waals surface area (Å²) >= 11 is 2.23. The molecule has 2 nitrogen and oxygen atoms in total. The molecule has 0 radical (unpaired) electrons. The molecule has 3 aromatic carbocycles. The van der Waals surface area contributed by atoms with Crippen LogP contribution >= 0.6 is 22.6 Å². The molecule has 0 aromatic heterocycles. The van der Waals surface area contributed by atoms with E-state index in [0.717, 1.165) is 20.8 Å². The van der Waals surface area contributed by atoms with E-state index in [-0.39, 0.29) is 0 Å². The minimum absolute atomic E-state index is 0.746. The Labute approximate surface area is 125 Å². The molecule has 3 rings (SSSR count). The predicted molar refractivity (Wildman–Crippen MR) is 87.6 cm³/mol. The summed E-state index contributed by atoms with van der Waals surface area (Å²) in [6.45, 7) is 0. The summed E-state index contributed by atoms with van der Waals surface area (Å²) in [6.07, 6.45) is 0. The Balaban J connectivity index is 1.96. The molecule has 94 valence electrons. The molecule has 0 aliphatic rings. The maximum Gasteiger partial charge on any atom is 0.140 e. The molecule has 3 aromatic rings. The van der Waals surface area contributed by atoms with Crippen LogP contribution in [-0.4, -0.2) is 0 Å². The van der Waals surface area contributed by atoms with Crippen molar-refractivity contribution < 1.29 is 4.74 Å². The van der Waals surface area contributed by atoms with E-state index in [1.54, 1.807) is 0 Å². The molecule has 0 aliphatic heterocycles. The Morgan fingerprint density at radius 2 is 1.63 bits per heavy atom. The van der Waals surface area contributed by atoms with Gasteiger partial charge in [-0.3, -0.25) is 0 Å². The second-order valence-corrected chi connectivity index (χ2v) is 5.46. The van der Waals surface area contributed by atoms with Gasteiger partial charge in [-0.05, 0) is 63.7 Å². The molecule has 0 saturated carbocycles. The SMILES string of the molecule is Nc1ccc(Oc2ccc3ccccc3c2)c(I)c1. The first-order valence-corrected chi connectivity index (χ1v) is 7.02. The standard InChI is InChI=1S/C16H12INO/c17-15-10-13(18)6-8-16(15)19-14-7-5-11-3-1-2-4-12(11)9-14/h1-10H,18H2. The number of halogens is 1. The summed E-state index contributed by atoms with van der Waals surface area (Å²) in [5, 5.41) is 2.38. The first-order valence-electron chi connectivity index (χ1n) is 5.94. The summed E-state index contributed by atoms with van der Waals surface area (Å²) < 4.78 is 6.91. The molecule has 0 bridgehead atoms. The minimum Gasteiger partial charge on any atom is -0.456 e. The van der Waals surface area contributed by atoms with Crippen LogP contribution in [0.3, 0.4) is 0 Å². The lowest BCUT2D eigenvalue weighted by Crippen LogP contribution is -1.90. The van der Waals surface area contributed by atoms with E-state index in [1.807, 2.05) is 42.5 Å². The third kappa shape index (κ3) is 2.66. The molecule has 0 heterocycles. The number of rotatable bonds is 2. The highest BCUT2D eigenvalue weighted by atomic mass is 127. The molecule has 19 heavy (non-hydrogen) atoms. The third-order valence-electron chi connectivity index (χ3n) is 2.90. The van der Waals surface area contributed by atoms with Gasteiger partial charge in [0.05, 0.1) is 3.57 Å². The first kappa shape index (κ1) is 12.3. The van der Waals surface area contributed by atoms with Crippen LogP contribution in [-0.2, 0) is 0 Å². The van der Waals surface area contributed by atoms with Crippen LogP contribution < -0.4 is 10.5 Å². The van der Waals surface area contributed by atoms with Gasteiger partial charge in [0, 0.05) is 5.69 Å². The summed E-state index contributed by atoms with van der Waals surface area (Å²) in [4.78, 5) is 0. The second-order valence-electron chi connectivity index (χ2n) is 4.30.